The summed E-state index contributed by atoms with van der Waals surface area (Å²) in [6.45, 7) is 0.0644. The van der Waals surface area contributed by atoms with E-state index in [4.69, 9.17) is 5.11 Å². The molecule has 1 aromatic carbocycles. The normalized spacial score (nSPS) is 7.85. The molecular weight excluding hydrogens is 228 g/mol. The van der Waals surface area contributed by atoms with E-state index < -0.39 is 0 Å². The van der Waals surface area contributed by atoms with Crippen LogP contribution in [0, 0.1) is 22.6 Å². The summed E-state index contributed by atoms with van der Waals surface area (Å²) in [7, 11) is 0. The van der Waals surface area contributed by atoms with Crippen molar-refractivity contribution < 1.29 is 5.11 Å². The number of aliphatic hydroxyl groups excluding tert-OH is 1. The van der Waals surface area contributed by atoms with Crippen LogP contribution in [0.2, 0.25) is 0 Å². The monoisotopic (exact) mass is 234 g/mol. The van der Waals surface area contributed by atoms with Crippen LogP contribution >= 0.6 is 15.9 Å². The van der Waals surface area contributed by atoms with Crippen molar-refractivity contribution in [2.24, 2.45) is 0 Å². The average Bonchev–Trinajstić information content (AvgIpc) is 2.19. The van der Waals surface area contributed by atoms with E-state index >= 15 is 0 Å². The highest BCUT2D eigenvalue weighted by molar-refractivity contribution is 9.12. The number of aliphatic hydroxyl groups is 1. The highest BCUT2D eigenvalue weighted by Crippen LogP contribution is 2.02. The maximum Gasteiger partial charge on any atom is 0.0681 e. The molecule has 0 bridgehead atoms. The molecule has 0 radical (unpaired) electrons. The Morgan fingerprint density at radius 2 is 1.85 bits per heavy atom. The number of hydrogen-bond acceptors (Lipinski definition) is 1. The maximum atomic E-state index is 8.78. The fourth-order valence-electron chi connectivity index (χ4n) is 0.821. The summed E-state index contributed by atoms with van der Waals surface area (Å²) in [5, 5.41) is 8.78. The third kappa shape index (κ3) is 3.34. The summed E-state index contributed by atoms with van der Waals surface area (Å²) in [6.07, 6.45) is 0. The molecule has 0 aromatic heterocycles. The van der Waals surface area contributed by atoms with E-state index in [0.717, 1.165) is 11.1 Å². The molecule has 1 N–H and O–H groups in total. The van der Waals surface area contributed by atoms with Crippen LogP contribution in [0.25, 0.3) is 0 Å². The van der Waals surface area contributed by atoms with E-state index in [-0.39, 0.29) is 6.61 Å². The quantitative estimate of drug-likeness (QED) is 0.737. The molecule has 1 rings (SSSR count). The van der Waals surface area contributed by atoms with Crippen LogP contribution in [0.1, 0.15) is 11.1 Å². The second-order valence-corrected chi connectivity index (χ2v) is 2.72. The summed E-state index contributed by atoms with van der Waals surface area (Å²) in [5.74, 6) is 8.11. The Labute approximate surface area is 85.9 Å². The van der Waals surface area contributed by atoms with Gasteiger partial charge in [-0.15, -0.1) is 0 Å². The number of benzene rings is 1. The third-order valence-electron chi connectivity index (χ3n) is 1.45. The molecule has 0 saturated carbocycles. The van der Waals surface area contributed by atoms with Gasteiger partial charge in [0.2, 0.25) is 0 Å². The Morgan fingerprint density at radius 3 is 2.38 bits per heavy atom. The maximum absolute atomic E-state index is 8.78. The first-order chi connectivity index (χ1) is 6.36. The summed E-state index contributed by atoms with van der Waals surface area (Å²) in [6, 6.07) is 7.39. The van der Waals surface area contributed by atoms with Gasteiger partial charge in [-0.05, 0) is 34.4 Å². The number of rotatable bonds is 1. The lowest BCUT2D eigenvalue weighted by Crippen LogP contribution is -1.81. The Bertz CT molecular complexity index is 384. The van der Waals surface area contributed by atoms with Crippen molar-refractivity contribution in [1.29, 1.82) is 0 Å². The number of hydrogen-bond donors (Lipinski definition) is 1. The van der Waals surface area contributed by atoms with Crippen LogP contribution in [0.15, 0.2) is 24.3 Å². The second kappa shape index (κ2) is 5.43. The zero-order valence-electron chi connectivity index (χ0n) is 6.84. The molecule has 1 aromatic rings. The van der Waals surface area contributed by atoms with Crippen LogP contribution < -0.4 is 0 Å². The van der Waals surface area contributed by atoms with Gasteiger partial charge < -0.3 is 5.11 Å². The van der Waals surface area contributed by atoms with Crippen molar-refractivity contribution in [3.8, 4) is 22.6 Å². The molecule has 0 heterocycles. The van der Waals surface area contributed by atoms with Gasteiger partial charge in [-0.1, -0.05) is 18.1 Å². The van der Waals surface area contributed by atoms with Gasteiger partial charge in [0.25, 0.3) is 0 Å². The smallest absolute Gasteiger partial charge is 0.0681 e. The SMILES string of the molecule is OCc1ccc(C#CC#CBr)cc1. The van der Waals surface area contributed by atoms with Gasteiger partial charge in [-0.2, -0.15) is 0 Å². The lowest BCUT2D eigenvalue weighted by molar-refractivity contribution is 0.282. The predicted molar refractivity (Wildman–Crippen MR) is 55.9 cm³/mol. The molecule has 0 saturated heterocycles. The Kier molecular flexibility index (Phi) is 4.12. The molecule has 0 unspecified atom stereocenters. The van der Waals surface area contributed by atoms with Gasteiger partial charge in [-0.3, -0.25) is 0 Å². The molecular formula is C11H7BrO. The summed E-state index contributed by atoms with van der Waals surface area (Å²) >= 11 is 2.95. The molecule has 0 aliphatic rings. The minimum atomic E-state index is 0.0644. The van der Waals surface area contributed by atoms with E-state index in [1.807, 2.05) is 24.3 Å². The van der Waals surface area contributed by atoms with Crippen LogP contribution in [0.4, 0.5) is 0 Å². The van der Waals surface area contributed by atoms with Crippen molar-refractivity contribution in [3.63, 3.8) is 0 Å². The van der Waals surface area contributed by atoms with Crippen molar-refractivity contribution >= 4 is 15.9 Å². The molecule has 1 nitrogen and oxygen atoms in total. The van der Waals surface area contributed by atoms with Crippen LogP contribution in [0.3, 0.4) is 0 Å². The first-order valence-electron chi connectivity index (χ1n) is 3.68. The lowest BCUT2D eigenvalue weighted by atomic mass is 10.1. The van der Waals surface area contributed by atoms with Crippen molar-refractivity contribution in [2.45, 2.75) is 6.61 Å². The minimum Gasteiger partial charge on any atom is -0.392 e. The molecule has 0 spiro atoms. The highest BCUT2D eigenvalue weighted by atomic mass is 79.9. The van der Waals surface area contributed by atoms with E-state index in [2.05, 4.69) is 38.5 Å². The summed E-state index contributed by atoms with van der Waals surface area (Å²) < 4.78 is 0. The standard InChI is InChI=1S/C11H7BrO/c12-8-2-1-3-10-4-6-11(9-13)7-5-10/h4-7,13H,9H2. The van der Waals surface area contributed by atoms with E-state index in [0.29, 0.717) is 0 Å². The minimum absolute atomic E-state index is 0.0644. The van der Waals surface area contributed by atoms with Crippen molar-refractivity contribution in [1.82, 2.24) is 0 Å². The zero-order valence-corrected chi connectivity index (χ0v) is 8.43. The largest absolute Gasteiger partial charge is 0.392 e. The average molecular weight is 235 g/mol. The Morgan fingerprint density at radius 1 is 1.15 bits per heavy atom. The Hall–Kier alpha value is -1.22. The third-order valence-corrected chi connectivity index (χ3v) is 1.65. The van der Waals surface area contributed by atoms with E-state index in [1.165, 1.54) is 0 Å². The molecule has 0 aliphatic carbocycles. The van der Waals surface area contributed by atoms with Crippen LogP contribution in [-0.2, 0) is 6.61 Å². The molecule has 2 heteroatoms. The fraction of sp³-hybridized carbons (Fsp3) is 0.0909. The van der Waals surface area contributed by atoms with Gasteiger partial charge >= 0.3 is 0 Å². The first-order valence-corrected chi connectivity index (χ1v) is 4.47. The molecule has 64 valence electrons. The van der Waals surface area contributed by atoms with E-state index in [9.17, 15) is 0 Å². The van der Waals surface area contributed by atoms with Crippen molar-refractivity contribution in [2.75, 3.05) is 0 Å². The molecule has 0 amide bonds. The van der Waals surface area contributed by atoms with Gasteiger partial charge in [0.15, 0.2) is 0 Å². The lowest BCUT2D eigenvalue weighted by Gasteiger charge is -1.93. The molecule has 0 aliphatic heterocycles. The fourth-order valence-corrected chi connectivity index (χ4v) is 0.920. The zero-order chi connectivity index (χ0) is 9.52. The summed E-state index contributed by atoms with van der Waals surface area (Å²) in [4.78, 5) is 2.51. The van der Waals surface area contributed by atoms with Gasteiger partial charge in [0, 0.05) is 21.5 Å². The van der Waals surface area contributed by atoms with Crippen LogP contribution in [0.5, 0.6) is 0 Å². The Balaban J connectivity index is 2.80. The number of halogens is 1. The summed E-state index contributed by atoms with van der Waals surface area (Å²) in [5.41, 5.74) is 1.78. The second-order valence-electron chi connectivity index (χ2n) is 2.32. The molecule has 0 atom stereocenters. The highest BCUT2D eigenvalue weighted by Gasteiger charge is 1.88. The van der Waals surface area contributed by atoms with Gasteiger partial charge in [-0.25, -0.2) is 0 Å². The van der Waals surface area contributed by atoms with Crippen molar-refractivity contribution in [3.05, 3.63) is 35.4 Å². The first kappa shape index (κ1) is 9.86. The van der Waals surface area contributed by atoms with Gasteiger partial charge in [0.05, 0.1) is 6.61 Å². The van der Waals surface area contributed by atoms with Gasteiger partial charge in [0.1, 0.15) is 0 Å². The predicted octanol–water partition coefficient (Wildman–Crippen LogP) is 1.89. The topological polar surface area (TPSA) is 20.2 Å². The molecule has 13 heavy (non-hydrogen) atoms. The van der Waals surface area contributed by atoms with Crippen LogP contribution in [-0.4, -0.2) is 5.11 Å². The molecule has 0 fully saturated rings. The van der Waals surface area contributed by atoms with E-state index in [1.54, 1.807) is 0 Å².